The number of ether oxygens (including phenoxy) is 1. The Morgan fingerprint density at radius 3 is 2.69 bits per heavy atom. The Hall–Kier alpha value is -1.81. The molecule has 3 N–H and O–H groups in total. The molecule has 160 valence electrons. The molecule has 0 bridgehead atoms. The minimum absolute atomic E-state index is 0. The van der Waals surface area contributed by atoms with Gasteiger partial charge in [-0.3, -0.25) is 4.79 Å². The van der Waals surface area contributed by atoms with E-state index in [0.717, 1.165) is 31.0 Å². The highest BCUT2D eigenvalue weighted by Gasteiger charge is 2.08. The van der Waals surface area contributed by atoms with E-state index < -0.39 is 0 Å². The first-order valence-electron chi connectivity index (χ1n) is 9.50. The summed E-state index contributed by atoms with van der Waals surface area (Å²) in [4.78, 5) is 17.5. The molecular weight excluding hydrogens is 499 g/mol. The molecule has 0 saturated heterocycles. The molecule has 0 radical (unpaired) electrons. The second kappa shape index (κ2) is 13.4. The number of anilines is 1. The second-order valence-electron chi connectivity index (χ2n) is 6.68. The van der Waals surface area contributed by atoms with Crippen LogP contribution in [0.4, 0.5) is 5.69 Å². The van der Waals surface area contributed by atoms with Crippen LogP contribution in [-0.4, -0.2) is 32.1 Å². The predicted molar refractivity (Wildman–Crippen MR) is 133 cm³/mol. The number of rotatable bonds is 9. The molecule has 0 saturated carbocycles. The lowest BCUT2D eigenvalue weighted by Gasteiger charge is -2.16. The predicted octanol–water partition coefficient (Wildman–Crippen LogP) is 4.27. The van der Waals surface area contributed by atoms with Crippen LogP contribution in [0.15, 0.2) is 40.7 Å². The average molecular weight is 530 g/mol. The van der Waals surface area contributed by atoms with Crippen molar-refractivity contribution < 1.29 is 9.53 Å². The van der Waals surface area contributed by atoms with E-state index >= 15 is 0 Å². The first-order valence-corrected chi connectivity index (χ1v) is 10.4. The molecule has 1 atom stereocenters. The fraction of sp³-hybridized carbons (Fsp3) is 0.429. The molecule has 0 aliphatic rings. The number of carbonyl (C=O) groups is 1. The number of guanidine groups is 1. The molecular formula is C21H31IN4O2S. The molecule has 1 aromatic carbocycles. The summed E-state index contributed by atoms with van der Waals surface area (Å²) in [6, 6.07) is 9.97. The summed E-state index contributed by atoms with van der Waals surface area (Å²) in [6.45, 7) is 7.92. The van der Waals surface area contributed by atoms with Crippen LogP contribution in [0.2, 0.25) is 0 Å². The number of carbonyl (C=O) groups excluding carboxylic acids is 1. The molecule has 0 aliphatic heterocycles. The fourth-order valence-corrected chi connectivity index (χ4v) is 3.64. The number of benzene rings is 1. The molecule has 1 amide bonds. The van der Waals surface area contributed by atoms with Crippen molar-refractivity contribution in [3.8, 4) is 5.75 Å². The maximum Gasteiger partial charge on any atom is 0.221 e. The summed E-state index contributed by atoms with van der Waals surface area (Å²) in [5.41, 5.74) is 1.65. The van der Waals surface area contributed by atoms with Gasteiger partial charge in [0.1, 0.15) is 5.75 Å². The molecule has 1 unspecified atom stereocenters. The van der Waals surface area contributed by atoms with E-state index in [0.29, 0.717) is 23.9 Å². The Labute approximate surface area is 194 Å². The lowest BCUT2D eigenvalue weighted by molar-refractivity contribution is -0.114. The lowest BCUT2D eigenvalue weighted by Crippen LogP contribution is -2.39. The zero-order chi connectivity index (χ0) is 20.4. The van der Waals surface area contributed by atoms with E-state index in [9.17, 15) is 4.79 Å². The largest absolute Gasteiger partial charge is 0.495 e. The van der Waals surface area contributed by atoms with Gasteiger partial charge in [-0.25, -0.2) is 4.99 Å². The summed E-state index contributed by atoms with van der Waals surface area (Å²) in [5, 5.41) is 11.6. The van der Waals surface area contributed by atoms with Crippen LogP contribution in [0.1, 0.15) is 31.2 Å². The minimum atomic E-state index is -0.131. The van der Waals surface area contributed by atoms with Crippen molar-refractivity contribution in [2.24, 2.45) is 10.9 Å². The van der Waals surface area contributed by atoms with Crippen molar-refractivity contribution in [1.82, 2.24) is 10.6 Å². The van der Waals surface area contributed by atoms with E-state index in [1.807, 2.05) is 18.2 Å². The summed E-state index contributed by atoms with van der Waals surface area (Å²) >= 11 is 1.80. The highest BCUT2D eigenvalue weighted by atomic mass is 127. The van der Waals surface area contributed by atoms with Crippen molar-refractivity contribution in [3.63, 3.8) is 0 Å². The van der Waals surface area contributed by atoms with Gasteiger partial charge in [0.2, 0.25) is 5.91 Å². The van der Waals surface area contributed by atoms with Crippen LogP contribution in [0, 0.1) is 5.92 Å². The number of amides is 1. The SMILES string of the molecule is CCNC(=NCc1ccc(OC)c(NC(C)=O)c1)NCC(C)Cc1cccs1.I. The third kappa shape index (κ3) is 9.03. The van der Waals surface area contributed by atoms with Gasteiger partial charge < -0.3 is 20.7 Å². The number of aliphatic imine (C=N–C) groups is 1. The number of hydrogen-bond acceptors (Lipinski definition) is 4. The summed E-state index contributed by atoms with van der Waals surface area (Å²) in [6.07, 6.45) is 1.06. The van der Waals surface area contributed by atoms with Crippen LogP contribution in [0.5, 0.6) is 5.75 Å². The van der Waals surface area contributed by atoms with Gasteiger partial charge in [-0.15, -0.1) is 35.3 Å². The van der Waals surface area contributed by atoms with Gasteiger partial charge in [-0.05, 0) is 48.4 Å². The van der Waals surface area contributed by atoms with Gasteiger partial charge in [0.15, 0.2) is 5.96 Å². The van der Waals surface area contributed by atoms with Crippen LogP contribution >= 0.6 is 35.3 Å². The number of hydrogen-bond donors (Lipinski definition) is 3. The average Bonchev–Trinajstić information content (AvgIpc) is 3.16. The van der Waals surface area contributed by atoms with E-state index in [1.54, 1.807) is 18.4 Å². The van der Waals surface area contributed by atoms with Crippen molar-refractivity contribution >= 4 is 52.9 Å². The van der Waals surface area contributed by atoms with Gasteiger partial charge in [-0.1, -0.05) is 19.1 Å². The maximum atomic E-state index is 11.4. The number of nitrogens with one attached hydrogen (secondary N) is 3. The third-order valence-electron chi connectivity index (χ3n) is 4.09. The first kappa shape index (κ1) is 25.2. The van der Waals surface area contributed by atoms with Crippen molar-refractivity contribution in [2.45, 2.75) is 33.7 Å². The minimum Gasteiger partial charge on any atom is -0.495 e. The van der Waals surface area contributed by atoms with E-state index in [1.165, 1.54) is 11.8 Å². The number of thiophene rings is 1. The summed E-state index contributed by atoms with van der Waals surface area (Å²) in [7, 11) is 1.59. The Balaban J connectivity index is 0.00000420. The standard InChI is InChI=1S/C21H30N4O2S.HI/c1-5-22-21(23-13-15(2)11-18-7-6-10-28-18)24-14-17-8-9-20(27-4)19(12-17)25-16(3)26;/h6-10,12,15H,5,11,13-14H2,1-4H3,(H,25,26)(H2,22,23,24);1H. The fourth-order valence-electron chi connectivity index (χ4n) is 2.77. The topological polar surface area (TPSA) is 74.8 Å². The summed E-state index contributed by atoms with van der Waals surface area (Å²) in [5.74, 6) is 1.80. The number of nitrogens with zero attached hydrogens (tertiary/aromatic N) is 1. The van der Waals surface area contributed by atoms with E-state index in [-0.39, 0.29) is 29.9 Å². The van der Waals surface area contributed by atoms with E-state index in [4.69, 9.17) is 4.74 Å². The van der Waals surface area contributed by atoms with Crippen molar-refractivity contribution in [3.05, 3.63) is 46.2 Å². The zero-order valence-electron chi connectivity index (χ0n) is 17.5. The molecule has 0 spiro atoms. The molecule has 2 aromatic rings. The van der Waals surface area contributed by atoms with Crippen molar-refractivity contribution in [2.75, 3.05) is 25.5 Å². The monoisotopic (exact) mass is 530 g/mol. The highest BCUT2D eigenvalue weighted by Crippen LogP contribution is 2.25. The van der Waals surface area contributed by atoms with Gasteiger partial charge in [0, 0.05) is 24.9 Å². The third-order valence-corrected chi connectivity index (χ3v) is 4.98. The first-order chi connectivity index (χ1) is 13.5. The number of halogens is 1. The molecule has 0 aliphatic carbocycles. The summed E-state index contributed by atoms with van der Waals surface area (Å²) < 4.78 is 5.30. The van der Waals surface area contributed by atoms with Gasteiger partial charge in [0.25, 0.3) is 0 Å². The molecule has 1 heterocycles. The molecule has 1 aromatic heterocycles. The highest BCUT2D eigenvalue weighted by molar-refractivity contribution is 14.0. The maximum absolute atomic E-state index is 11.4. The van der Waals surface area contributed by atoms with Gasteiger partial charge in [0.05, 0.1) is 19.3 Å². The van der Waals surface area contributed by atoms with Crippen LogP contribution in [0.3, 0.4) is 0 Å². The zero-order valence-corrected chi connectivity index (χ0v) is 20.6. The number of methoxy groups -OCH3 is 1. The Morgan fingerprint density at radius 2 is 2.07 bits per heavy atom. The molecule has 8 heteroatoms. The lowest BCUT2D eigenvalue weighted by atomic mass is 10.1. The normalized spacial score (nSPS) is 11.9. The quantitative estimate of drug-likeness (QED) is 0.257. The molecule has 6 nitrogen and oxygen atoms in total. The Morgan fingerprint density at radius 1 is 1.28 bits per heavy atom. The second-order valence-corrected chi connectivity index (χ2v) is 7.71. The van der Waals surface area contributed by atoms with Crippen LogP contribution in [0.25, 0.3) is 0 Å². The molecule has 2 rings (SSSR count). The van der Waals surface area contributed by atoms with E-state index in [2.05, 4.69) is 52.3 Å². The van der Waals surface area contributed by atoms with Crippen LogP contribution in [-0.2, 0) is 17.8 Å². The molecule has 0 fully saturated rings. The molecule has 29 heavy (non-hydrogen) atoms. The Kier molecular flexibility index (Phi) is 11.7. The van der Waals surface area contributed by atoms with Gasteiger partial charge >= 0.3 is 0 Å². The smallest absolute Gasteiger partial charge is 0.221 e. The van der Waals surface area contributed by atoms with Crippen LogP contribution < -0.4 is 20.7 Å². The van der Waals surface area contributed by atoms with Gasteiger partial charge in [-0.2, -0.15) is 0 Å². The Bertz CT molecular complexity index is 781. The van der Waals surface area contributed by atoms with Crippen molar-refractivity contribution in [1.29, 1.82) is 0 Å².